The fraction of sp³-hybridized carbons (Fsp3) is 0. The summed E-state index contributed by atoms with van der Waals surface area (Å²) in [7, 11) is -4.14. The van der Waals surface area contributed by atoms with Gasteiger partial charge in [0.05, 0.1) is 25.7 Å². The molecule has 0 amide bonds. The zero-order chi connectivity index (χ0) is 18.6. The van der Waals surface area contributed by atoms with E-state index in [1.54, 1.807) is 0 Å². The zero-order valence-electron chi connectivity index (χ0n) is 12.6. The van der Waals surface area contributed by atoms with E-state index in [1.165, 1.54) is 36.7 Å². The third-order valence-corrected chi connectivity index (χ3v) is 5.96. The van der Waals surface area contributed by atoms with Crippen LogP contribution in [0.15, 0.2) is 60.5 Å². The van der Waals surface area contributed by atoms with Crippen LogP contribution in [0.3, 0.4) is 0 Å². The molecule has 4 aromatic rings. The number of nitrogens with zero attached hydrogens (tertiary/aromatic N) is 2. The minimum absolute atomic E-state index is 0.114. The largest absolute Gasteiger partial charge is 0.443 e. The molecule has 2 aromatic heterocycles. The Bertz CT molecular complexity index is 1420. The van der Waals surface area contributed by atoms with Crippen LogP contribution in [0.5, 0.6) is 0 Å². The molecule has 4 rings (SSSR count). The van der Waals surface area contributed by atoms with Crippen LogP contribution in [-0.4, -0.2) is 28.3 Å². The van der Waals surface area contributed by atoms with Crippen LogP contribution >= 0.6 is 11.6 Å². The van der Waals surface area contributed by atoms with E-state index in [1.807, 2.05) is 0 Å². The number of aromatic amines is 1. The highest BCUT2D eigenvalue weighted by atomic mass is 35.5. The number of benzene rings is 2. The molecule has 0 fully saturated rings. The van der Waals surface area contributed by atoms with E-state index < -0.39 is 21.1 Å². The van der Waals surface area contributed by atoms with Crippen LogP contribution in [0.25, 0.3) is 22.0 Å². The number of oxazole rings is 1. The van der Waals surface area contributed by atoms with Crippen LogP contribution in [0, 0.1) is 0 Å². The standard InChI is InChI=1S/C15H8ClN3O6S/c16-8-2-4-11(13-12(8)14(20)19(22)15(21)18-13)26(23,24)7-1-3-10-9(5-7)17-6-25-10/h1-6,22H,(H,18,21). The number of sulfone groups is 1. The highest BCUT2D eigenvalue weighted by molar-refractivity contribution is 7.91. The van der Waals surface area contributed by atoms with Crippen molar-refractivity contribution in [2.75, 3.05) is 0 Å². The van der Waals surface area contributed by atoms with Crippen LogP contribution in [0.2, 0.25) is 5.02 Å². The second-order valence-electron chi connectivity index (χ2n) is 5.33. The number of fused-ring (bicyclic) bond motifs is 2. The average Bonchev–Trinajstić information content (AvgIpc) is 3.07. The molecule has 0 aliphatic heterocycles. The number of rotatable bonds is 2. The highest BCUT2D eigenvalue weighted by Crippen LogP contribution is 2.30. The van der Waals surface area contributed by atoms with Crippen molar-refractivity contribution in [3.8, 4) is 0 Å². The Balaban J connectivity index is 2.09. The zero-order valence-corrected chi connectivity index (χ0v) is 14.2. The van der Waals surface area contributed by atoms with E-state index in [0.717, 1.165) is 0 Å². The van der Waals surface area contributed by atoms with Crippen molar-refractivity contribution >= 4 is 43.4 Å². The summed E-state index contributed by atoms with van der Waals surface area (Å²) in [6.07, 6.45) is 1.18. The second kappa shape index (κ2) is 5.44. The minimum atomic E-state index is -4.14. The third-order valence-electron chi connectivity index (χ3n) is 3.85. The molecular weight excluding hydrogens is 386 g/mol. The quantitative estimate of drug-likeness (QED) is 0.493. The molecular formula is C15H8ClN3O6S. The summed E-state index contributed by atoms with van der Waals surface area (Å²) >= 11 is 5.95. The molecule has 0 aliphatic carbocycles. The highest BCUT2D eigenvalue weighted by Gasteiger charge is 2.24. The summed E-state index contributed by atoms with van der Waals surface area (Å²) in [6, 6.07) is 6.43. The van der Waals surface area contributed by atoms with E-state index in [0.29, 0.717) is 11.1 Å². The van der Waals surface area contributed by atoms with Gasteiger partial charge in [-0.15, -0.1) is 0 Å². The Kier molecular flexibility index (Phi) is 3.43. The fourth-order valence-corrected chi connectivity index (χ4v) is 4.28. The summed E-state index contributed by atoms with van der Waals surface area (Å²) < 4.78 is 31.0. The summed E-state index contributed by atoms with van der Waals surface area (Å²) in [5.41, 5.74) is -1.87. The van der Waals surface area contributed by atoms with E-state index in [-0.39, 0.29) is 30.4 Å². The number of nitrogens with one attached hydrogen (secondary N) is 1. The molecule has 0 bridgehead atoms. The predicted octanol–water partition coefficient (Wildman–Crippen LogP) is 1.55. The molecule has 2 heterocycles. The molecule has 0 atom stereocenters. The van der Waals surface area contributed by atoms with Crippen LogP contribution < -0.4 is 11.2 Å². The maximum absolute atomic E-state index is 13.0. The molecule has 11 heteroatoms. The van der Waals surface area contributed by atoms with E-state index in [4.69, 9.17) is 16.0 Å². The van der Waals surface area contributed by atoms with Gasteiger partial charge in [-0.05, 0) is 30.3 Å². The first-order valence-corrected chi connectivity index (χ1v) is 8.92. The molecule has 26 heavy (non-hydrogen) atoms. The lowest BCUT2D eigenvalue weighted by atomic mass is 10.2. The number of H-pyrrole nitrogens is 1. The monoisotopic (exact) mass is 393 g/mol. The molecule has 2 N–H and O–H groups in total. The molecule has 0 saturated carbocycles. The maximum atomic E-state index is 13.0. The lowest BCUT2D eigenvalue weighted by Gasteiger charge is -2.09. The average molecular weight is 394 g/mol. The Morgan fingerprint density at radius 1 is 1.19 bits per heavy atom. The van der Waals surface area contributed by atoms with Gasteiger partial charge in [-0.1, -0.05) is 16.3 Å². The smallest absolute Gasteiger partial charge is 0.362 e. The van der Waals surface area contributed by atoms with E-state index in [2.05, 4.69) is 9.97 Å². The van der Waals surface area contributed by atoms with Gasteiger partial charge in [0.15, 0.2) is 12.0 Å². The Hall–Kier alpha value is -3.11. The first kappa shape index (κ1) is 16.4. The van der Waals surface area contributed by atoms with Gasteiger partial charge in [0.1, 0.15) is 5.52 Å². The van der Waals surface area contributed by atoms with Crippen LogP contribution in [0.4, 0.5) is 0 Å². The van der Waals surface area contributed by atoms with Crippen LogP contribution in [-0.2, 0) is 9.84 Å². The van der Waals surface area contributed by atoms with Gasteiger partial charge in [-0.25, -0.2) is 18.2 Å². The van der Waals surface area contributed by atoms with Gasteiger partial charge in [0.25, 0.3) is 5.56 Å². The van der Waals surface area contributed by atoms with Crippen molar-refractivity contribution in [3.05, 3.63) is 62.6 Å². The van der Waals surface area contributed by atoms with Crippen LogP contribution in [0.1, 0.15) is 0 Å². The van der Waals surface area contributed by atoms with Crippen molar-refractivity contribution in [3.63, 3.8) is 0 Å². The van der Waals surface area contributed by atoms with Gasteiger partial charge in [0, 0.05) is 0 Å². The number of hydrogen-bond acceptors (Lipinski definition) is 7. The summed E-state index contributed by atoms with van der Waals surface area (Å²) in [5.74, 6) is 0. The number of aromatic nitrogens is 3. The predicted molar refractivity (Wildman–Crippen MR) is 90.5 cm³/mol. The topological polar surface area (TPSA) is 135 Å². The third kappa shape index (κ3) is 2.23. The number of halogens is 1. The summed E-state index contributed by atoms with van der Waals surface area (Å²) in [4.78, 5) is 29.5. The molecule has 0 aliphatic rings. The SMILES string of the molecule is O=c1[nH]c2c(S(=O)(=O)c3ccc4ocnc4c3)ccc(Cl)c2c(=O)n1O. The molecule has 0 saturated heterocycles. The lowest BCUT2D eigenvalue weighted by Crippen LogP contribution is -2.33. The maximum Gasteiger partial charge on any atom is 0.362 e. The van der Waals surface area contributed by atoms with Crippen molar-refractivity contribution in [2.45, 2.75) is 9.79 Å². The van der Waals surface area contributed by atoms with Gasteiger partial charge >= 0.3 is 5.69 Å². The van der Waals surface area contributed by atoms with Crippen molar-refractivity contribution < 1.29 is 18.0 Å². The van der Waals surface area contributed by atoms with Crippen molar-refractivity contribution in [1.82, 2.24) is 14.7 Å². The summed E-state index contributed by atoms with van der Waals surface area (Å²) in [5, 5.41) is 9.03. The Labute approximate surface area is 149 Å². The first-order valence-electron chi connectivity index (χ1n) is 7.06. The van der Waals surface area contributed by atoms with Gasteiger partial charge in [-0.3, -0.25) is 4.79 Å². The molecule has 0 spiro atoms. The normalized spacial score (nSPS) is 12.0. The van der Waals surface area contributed by atoms with Crippen molar-refractivity contribution in [2.24, 2.45) is 0 Å². The van der Waals surface area contributed by atoms with Gasteiger partial charge in [0.2, 0.25) is 9.84 Å². The Morgan fingerprint density at radius 3 is 2.73 bits per heavy atom. The lowest BCUT2D eigenvalue weighted by molar-refractivity contribution is 0.162. The first-order chi connectivity index (χ1) is 12.3. The van der Waals surface area contributed by atoms with E-state index in [9.17, 15) is 23.2 Å². The fourth-order valence-electron chi connectivity index (χ4n) is 2.61. The van der Waals surface area contributed by atoms with Gasteiger partial charge in [-0.2, -0.15) is 0 Å². The molecule has 2 aromatic carbocycles. The summed E-state index contributed by atoms with van der Waals surface area (Å²) in [6.45, 7) is 0. The molecule has 132 valence electrons. The molecule has 0 radical (unpaired) electrons. The van der Waals surface area contributed by atoms with E-state index >= 15 is 0 Å². The van der Waals surface area contributed by atoms with Crippen molar-refractivity contribution in [1.29, 1.82) is 0 Å². The molecule has 0 unspecified atom stereocenters. The number of hydrogen-bond donors (Lipinski definition) is 2. The second-order valence-corrected chi connectivity index (χ2v) is 7.65. The molecule has 9 nitrogen and oxygen atoms in total. The Morgan fingerprint density at radius 2 is 1.96 bits per heavy atom. The minimum Gasteiger partial charge on any atom is -0.443 e. The van der Waals surface area contributed by atoms with Gasteiger partial charge < -0.3 is 14.6 Å².